The van der Waals surface area contributed by atoms with Crippen LogP contribution in [-0.4, -0.2) is 22.4 Å². The van der Waals surface area contributed by atoms with Crippen LogP contribution in [0.4, 0.5) is 0 Å². The van der Waals surface area contributed by atoms with Gasteiger partial charge in [-0.25, -0.2) is 0 Å². The Kier molecular flexibility index (Phi) is 5.60. The summed E-state index contributed by atoms with van der Waals surface area (Å²) in [6.45, 7) is 6.62. The molecule has 4 nitrogen and oxygen atoms in total. The summed E-state index contributed by atoms with van der Waals surface area (Å²) >= 11 is 0. The molecule has 2 heterocycles. The number of rotatable bonds is 6. The van der Waals surface area contributed by atoms with Gasteiger partial charge < -0.3 is 9.30 Å². The molecule has 2 aromatic rings. The summed E-state index contributed by atoms with van der Waals surface area (Å²) in [5, 5.41) is 0. The Hall–Kier alpha value is -2.36. The number of esters is 1. The lowest BCUT2D eigenvalue weighted by molar-refractivity contribution is -0.149. The first kappa shape index (κ1) is 18.4. The number of carbonyl (C=O) groups is 2. The summed E-state index contributed by atoms with van der Waals surface area (Å²) in [6, 6.07) is 11.4. The highest BCUT2D eigenvalue weighted by molar-refractivity contribution is 6.09. The third-order valence-corrected chi connectivity index (χ3v) is 4.85. The SMILES string of the molecule is CCCc1cc2n(c1C(=O)c1ccccc1)CCCC2C(=O)OC(C)C. The normalized spacial score (nSPS) is 16.4. The molecule has 0 saturated heterocycles. The smallest absolute Gasteiger partial charge is 0.315 e. The molecular formula is C22H27NO3. The molecule has 1 unspecified atom stereocenters. The minimum Gasteiger partial charge on any atom is -0.462 e. The van der Waals surface area contributed by atoms with Gasteiger partial charge in [-0.3, -0.25) is 9.59 Å². The van der Waals surface area contributed by atoms with Gasteiger partial charge in [0, 0.05) is 17.8 Å². The van der Waals surface area contributed by atoms with Gasteiger partial charge in [0.1, 0.15) is 0 Å². The quantitative estimate of drug-likeness (QED) is 0.567. The van der Waals surface area contributed by atoms with Gasteiger partial charge in [-0.15, -0.1) is 0 Å². The van der Waals surface area contributed by atoms with Crippen LogP contribution >= 0.6 is 0 Å². The fraction of sp³-hybridized carbons (Fsp3) is 0.455. The van der Waals surface area contributed by atoms with Crippen molar-refractivity contribution in [3.63, 3.8) is 0 Å². The zero-order valence-corrected chi connectivity index (χ0v) is 15.8. The van der Waals surface area contributed by atoms with Crippen molar-refractivity contribution in [2.45, 2.75) is 65.0 Å². The molecule has 1 aliphatic rings. The number of ether oxygens (including phenoxy) is 1. The summed E-state index contributed by atoms with van der Waals surface area (Å²) in [7, 11) is 0. The Morgan fingerprint density at radius 3 is 2.62 bits per heavy atom. The maximum Gasteiger partial charge on any atom is 0.315 e. The van der Waals surface area contributed by atoms with Crippen LogP contribution in [0.5, 0.6) is 0 Å². The van der Waals surface area contributed by atoms with E-state index in [1.165, 1.54) is 0 Å². The molecule has 0 N–H and O–H groups in total. The van der Waals surface area contributed by atoms with Gasteiger partial charge in [0.2, 0.25) is 5.78 Å². The molecule has 4 heteroatoms. The van der Waals surface area contributed by atoms with Crippen LogP contribution in [0.15, 0.2) is 36.4 Å². The summed E-state index contributed by atoms with van der Waals surface area (Å²) in [4.78, 5) is 25.8. The summed E-state index contributed by atoms with van der Waals surface area (Å²) in [5.74, 6) is -0.419. The van der Waals surface area contributed by atoms with E-state index in [0.717, 1.165) is 49.2 Å². The zero-order valence-electron chi connectivity index (χ0n) is 15.8. The van der Waals surface area contributed by atoms with E-state index in [2.05, 4.69) is 17.6 Å². The molecule has 0 amide bonds. The molecule has 1 aromatic carbocycles. The van der Waals surface area contributed by atoms with E-state index in [1.54, 1.807) is 0 Å². The number of nitrogens with zero attached hydrogens (tertiary/aromatic N) is 1. The average Bonchev–Trinajstić information content (AvgIpc) is 2.99. The summed E-state index contributed by atoms with van der Waals surface area (Å²) in [5.41, 5.74) is 3.41. The van der Waals surface area contributed by atoms with Gasteiger partial charge in [-0.05, 0) is 44.7 Å². The number of fused-ring (bicyclic) bond motifs is 1. The first-order valence-electron chi connectivity index (χ1n) is 9.55. The summed E-state index contributed by atoms with van der Waals surface area (Å²) in [6.07, 6.45) is 3.31. The molecule has 0 aliphatic carbocycles. The van der Waals surface area contributed by atoms with Gasteiger partial charge in [-0.2, -0.15) is 0 Å². The van der Waals surface area contributed by atoms with Crippen LogP contribution < -0.4 is 0 Å². The van der Waals surface area contributed by atoms with Gasteiger partial charge in [-0.1, -0.05) is 43.7 Å². The fourth-order valence-electron chi connectivity index (χ4n) is 3.77. The van der Waals surface area contributed by atoms with Crippen molar-refractivity contribution in [2.75, 3.05) is 0 Å². The molecule has 3 rings (SSSR count). The highest BCUT2D eigenvalue weighted by Crippen LogP contribution is 2.34. The molecule has 1 aliphatic heterocycles. The zero-order chi connectivity index (χ0) is 18.7. The Morgan fingerprint density at radius 1 is 1.23 bits per heavy atom. The molecule has 138 valence electrons. The maximum absolute atomic E-state index is 13.2. The van der Waals surface area contributed by atoms with E-state index < -0.39 is 0 Å². The topological polar surface area (TPSA) is 48.3 Å². The van der Waals surface area contributed by atoms with E-state index in [-0.39, 0.29) is 23.8 Å². The number of aromatic nitrogens is 1. The number of aryl methyl sites for hydroxylation is 1. The monoisotopic (exact) mass is 353 g/mol. The molecule has 26 heavy (non-hydrogen) atoms. The van der Waals surface area contributed by atoms with Crippen molar-refractivity contribution >= 4 is 11.8 Å². The minimum absolute atomic E-state index is 0.0400. The van der Waals surface area contributed by atoms with E-state index in [4.69, 9.17) is 4.74 Å². The predicted molar refractivity (Wildman–Crippen MR) is 102 cm³/mol. The average molecular weight is 353 g/mol. The van der Waals surface area contributed by atoms with Crippen LogP contribution in [-0.2, 0) is 22.5 Å². The van der Waals surface area contributed by atoms with Crippen molar-refractivity contribution in [1.29, 1.82) is 0 Å². The maximum atomic E-state index is 13.2. The lowest BCUT2D eigenvalue weighted by atomic mass is 9.96. The van der Waals surface area contributed by atoms with Gasteiger partial charge >= 0.3 is 5.97 Å². The van der Waals surface area contributed by atoms with Crippen LogP contribution in [0.3, 0.4) is 0 Å². The van der Waals surface area contributed by atoms with E-state index in [9.17, 15) is 9.59 Å². The minimum atomic E-state index is -0.279. The summed E-state index contributed by atoms with van der Waals surface area (Å²) < 4.78 is 7.53. The molecule has 0 bridgehead atoms. The third-order valence-electron chi connectivity index (χ3n) is 4.85. The number of hydrogen-bond acceptors (Lipinski definition) is 3. The van der Waals surface area contributed by atoms with Crippen LogP contribution in [0.25, 0.3) is 0 Å². The second-order valence-electron chi connectivity index (χ2n) is 7.22. The Labute approximate surface area is 155 Å². The van der Waals surface area contributed by atoms with Crippen LogP contribution in [0, 0.1) is 0 Å². The molecule has 1 aromatic heterocycles. The van der Waals surface area contributed by atoms with E-state index >= 15 is 0 Å². The third kappa shape index (κ3) is 3.59. The Balaban J connectivity index is 2.04. The largest absolute Gasteiger partial charge is 0.462 e. The number of hydrogen-bond donors (Lipinski definition) is 0. The highest BCUT2D eigenvalue weighted by atomic mass is 16.5. The number of ketones is 1. The first-order valence-corrected chi connectivity index (χ1v) is 9.55. The van der Waals surface area contributed by atoms with Gasteiger partial charge in [0.25, 0.3) is 0 Å². The molecule has 0 saturated carbocycles. The van der Waals surface area contributed by atoms with Crippen molar-refractivity contribution in [2.24, 2.45) is 0 Å². The van der Waals surface area contributed by atoms with Crippen LogP contribution in [0.1, 0.15) is 73.3 Å². The second kappa shape index (κ2) is 7.90. The number of carbonyl (C=O) groups excluding carboxylic acids is 2. The molecule has 0 spiro atoms. The van der Waals surface area contributed by atoms with Crippen molar-refractivity contribution < 1.29 is 14.3 Å². The lowest BCUT2D eigenvalue weighted by Crippen LogP contribution is -2.27. The molecular weight excluding hydrogens is 326 g/mol. The van der Waals surface area contributed by atoms with Crippen LogP contribution in [0.2, 0.25) is 0 Å². The van der Waals surface area contributed by atoms with Crippen molar-refractivity contribution in [1.82, 2.24) is 4.57 Å². The van der Waals surface area contributed by atoms with Crippen molar-refractivity contribution in [3.8, 4) is 0 Å². The number of benzene rings is 1. The predicted octanol–water partition coefficient (Wildman–Crippen LogP) is 4.50. The van der Waals surface area contributed by atoms with Crippen molar-refractivity contribution in [3.05, 3.63) is 58.9 Å². The van der Waals surface area contributed by atoms with Gasteiger partial charge in [0.05, 0.1) is 17.7 Å². The first-order chi connectivity index (χ1) is 12.5. The Bertz CT molecular complexity index is 789. The fourth-order valence-corrected chi connectivity index (χ4v) is 3.77. The molecule has 1 atom stereocenters. The standard InChI is InChI=1S/C22H27NO3/c1-4-9-17-14-19-18(22(25)26-15(2)3)12-8-13-23(19)20(17)21(24)16-10-6-5-7-11-16/h5-7,10-11,14-15,18H,4,8-9,12-13H2,1-3H3. The highest BCUT2D eigenvalue weighted by Gasteiger charge is 2.33. The molecule has 0 radical (unpaired) electrons. The van der Waals surface area contributed by atoms with E-state index in [0.29, 0.717) is 5.56 Å². The molecule has 0 fully saturated rings. The lowest BCUT2D eigenvalue weighted by Gasteiger charge is -2.25. The second-order valence-corrected chi connectivity index (χ2v) is 7.22. The van der Waals surface area contributed by atoms with E-state index in [1.807, 2.05) is 44.2 Å². The van der Waals surface area contributed by atoms with Gasteiger partial charge in [0.15, 0.2) is 0 Å². The Morgan fingerprint density at radius 2 is 1.96 bits per heavy atom.